The minimum atomic E-state index is 0.209. The van der Waals surface area contributed by atoms with Gasteiger partial charge in [-0.1, -0.05) is 24.3 Å². The highest BCUT2D eigenvalue weighted by molar-refractivity contribution is 5.97. The van der Waals surface area contributed by atoms with Gasteiger partial charge in [-0.15, -0.1) is 0 Å². The zero-order valence-electron chi connectivity index (χ0n) is 12.3. The molecule has 0 aliphatic rings. The van der Waals surface area contributed by atoms with Crippen molar-refractivity contribution >= 4 is 5.78 Å². The summed E-state index contributed by atoms with van der Waals surface area (Å²) in [5.41, 5.74) is 3.05. The highest BCUT2D eigenvalue weighted by atomic mass is 16.1. The summed E-state index contributed by atoms with van der Waals surface area (Å²) in [6.45, 7) is 3.55. The van der Waals surface area contributed by atoms with Gasteiger partial charge in [0, 0.05) is 43.9 Å². The van der Waals surface area contributed by atoms with Crippen molar-refractivity contribution in [3.8, 4) is 0 Å². The lowest BCUT2D eigenvalue weighted by Crippen LogP contribution is -2.21. The van der Waals surface area contributed by atoms with E-state index < -0.39 is 0 Å². The molecule has 4 heteroatoms. The van der Waals surface area contributed by atoms with Crippen molar-refractivity contribution in [2.24, 2.45) is 7.05 Å². The molecule has 20 heavy (non-hydrogen) atoms. The fraction of sp³-hybridized carbons (Fsp3) is 0.375. The normalized spacial score (nSPS) is 11.0. The first-order chi connectivity index (χ1) is 9.56. The number of ketones is 1. The van der Waals surface area contributed by atoms with Crippen LogP contribution < -0.4 is 0 Å². The Morgan fingerprint density at radius 3 is 2.75 bits per heavy atom. The summed E-state index contributed by atoms with van der Waals surface area (Å²) in [5, 5.41) is 4.15. The standard InChI is InChI=1S/C16H21N3O/c1-13-6-4-5-7-15(13)16(20)8-9-18(2)11-14-10-17-19(3)12-14/h4-7,10,12H,8-9,11H2,1-3H3. The average molecular weight is 271 g/mol. The number of nitrogens with zero attached hydrogens (tertiary/aromatic N) is 3. The van der Waals surface area contributed by atoms with E-state index >= 15 is 0 Å². The van der Waals surface area contributed by atoms with Crippen molar-refractivity contribution < 1.29 is 4.79 Å². The van der Waals surface area contributed by atoms with E-state index in [0.29, 0.717) is 6.42 Å². The lowest BCUT2D eigenvalue weighted by Gasteiger charge is -2.15. The van der Waals surface area contributed by atoms with Crippen molar-refractivity contribution in [3.05, 3.63) is 53.3 Å². The van der Waals surface area contributed by atoms with Crippen LogP contribution in [0.1, 0.15) is 27.9 Å². The monoisotopic (exact) mass is 271 g/mol. The number of aryl methyl sites for hydroxylation is 2. The van der Waals surface area contributed by atoms with Crippen LogP contribution in [-0.2, 0) is 13.6 Å². The Hall–Kier alpha value is -1.94. The molecule has 0 unspecified atom stereocenters. The predicted molar refractivity (Wildman–Crippen MR) is 79.7 cm³/mol. The lowest BCUT2D eigenvalue weighted by molar-refractivity contribution is 0.0967. The second kappa shape index (κ2) is 6.48. The van der Waals surface area contributed by atoms with Crippen LogP contribution in [0.4, 0.5) is 0 Å². The van der Waals surface area contributed by atoms with E-state index in [1.807, 2.05) is 57.7 Å². The van der Waals surface area contributed by atoms with E-state index in [2.05, 4.69) is 10.00 Å². The lowest BCUT2D eigenvalue weighted by atomic mass is 10.0. The molecule has 0 bridgehead atoms. The van der Waals surface area contributed by atoms with Gasteiger partial charge in [0.2, 0.25) is 0 Å². The third-order valence-electron chi connectivity index (χ3n) is 3.38. The van der Waals surface area contributed by atoms with Crippen LogP contribution in [0.25, 0.3) is 0 Å². The predicted octanol–water partition coefficient (Wildman–Crippen LogP) is 2.43. The maximum atomic E-state index is 12.2. The van der Waals surface area contributed by atoms with Gasteiger partial charge in [0.1, 0.15) is 0 Å². The quantitative estimate of drug-likeness (QED) is 0.757. The Morgan fingerprint density at radius 2 is 2.10 bits per heavy atom. The first kappa shape index (κ1) is 14.5. The van der Waals surface area contributed by atoms with Gasteiger partial charge in [0.15, 0.2) is 5.78 Å². The largest absolute Gasteiger partial charge is 0.302 e. The van der Waals surface area contributed by atoms with Crippen molar-refractivity contribution in [2.75, 3.05) is 13.6 Å². The molecule has 0 aliphatic carbocycles. The SMILES string of the molecule is Cc1ccccc1C(=O)CCN(C)Cc1cnn(C)c1. The summed E-state index contributed by atoms with van der Waals surface area (Å²) in [7, 11) is 3.93. The molecule has 2 aromatic rings. The number of carbonyl (C=O) groups is 1. The van der Waals surface area contributed by atoms with Gasteiger partial charge in [0.05, 0.1) is 6.20 Å². The number of Topliss-reactive ketones (excluding diaryl/α,β-unsaturated/α-hetero) is 1. The number of carbonyl (C=O) groups excluding carboxylic acids is 1. The molecule has 2 rings (SSSR count). The van der Waals surface area contributed by atoms with Crippen molar-refractivity contribution in [1.82, 2.24) is 14.7 Å². The Morgan fingerprint density at radius 1 is 1.35 bits per heavy atom. The number of benzene rings is 1. The van der Waals surface area contributed by atoms with Gasteiger partial charge in [-0.3, -0.25) is 9.48 Å². The molecular formula is C16H21N3O. The van der Waals surface area contributed by atoms with E-state index in [1.54, 1.807) is 4.68 Å². The molecule has 0 saturated heterocycles. The Balaban J connectivity index is 1.85. The Kier molecular flexibility index (Phi) is 4.69. The molecule has 0 radical (unpaired) electrons. The van der Waals surface area contributed by atoms with Crippen molar-refractivity contribution in [2.45, 2.75) is 19.9 Å². The van der Waals surface area contributed by atoms with Gasteiger partial charge >= 0.3 is 0 Å². The molecule has 0 spiro atoms. The second-order valence-electron chi connectivity index (χ2n) is 5.25. The first-order valence-corrected chi connectivity index (χ1v) is 6.81. The fourth-order valence-corrected chi connectivity index (χ4v) is 2.26. The molecule has 0 N–H and O–H groups in total. The van der Waals surface area contributed by atoms with E-state index in [9.17, 15) is 4.79 Å². The first-order valence-electron chi connectivity index (χ1n) is 6.81. The van der Waals surface area contributed by atoms with Crippen LogP contribution in [0, 0.1) is 6.92 Å². The highest BCUT2D eigenvalue weighted by Crippen LogP contribution is 2.10. The van der Waals surface area contributed by atoms with Gasteiger partial charge in [-0.25, -0.2) is 0 Å². The molecule has 0 fully saturated rings. The summed E-state index contributed by atoms with van der Waals surface area (Å²) in [5.74, 6) is 0.209. The van der Waals surface area contributed by atoms with Crippen LogP contribution in [0.3, 0.4) is 0 Å². The average Bonchev–Trinajstić information content (AvgIpc) is 2.82. The Labute approximate surface area is 120 Å². The molecule has 0 atom stereocenters. The minimum absolute atomic E-state index is 0.209. The second-order valence-corrected chi connectivity index (χ2v) is 5.25. The topological polar surface area (TPSA) is 38.1 Å². The number of aromatic nitrogens is 2. The van der Waals surface area contributed by atoms with E-state index in [-0.39, 0.29) is 5.78 Å². The van der Waals surface area contributed by atoms with Crippen LogP contribution in [-0.4, -0.2) is 34.1 Å². The smallest absolute Gasteiger partial charge is 0.164 e. The highest BCUT2D eigenvalue weighted by Gasteiger charge is 2.10. The zero-order valence-corrected chi connectivity index (χ0v) is 12.3. The molecule has 1 aromatic heterocycles. The molecule has 1 heterocycles. The van der Waals surface area contributed by atoms with Crippen LogP contribution in [0.15, 0.2) is 36.7 Å². The molecule has 4 nitrogen and oxygen atoms in total. The zero-order chi connectivity index (χ0) is 14.5. The number of hydrogen-bond acceptors (Lipinski definition) is 3. The van der Waals surface area contributed by atoms with Gasteiger partial charge in [-0.2, -0.15) is 5.10 Å². The maximum Gasteiger partial charge on any atom is 0.164 e. The third kappa shape index (κ3) is 3.78. The summed E-state index contributed by atoms with van der Waals surface area (Å²) >= 11 is 0. The number of hydrogen-bond donors (Lipinski definition) is 0. The molecule has 0 amide bonds. The minimum Gasteiger partial charge on any atom is -0.302 e. The fourth-order valence-electron chi connectivity index (χ4n) is 2.26. The summed E-state index contributed by atoms with van der Waals surface area (Å²) in [4.78, 5) is 14.3. The van der Waals surface area contributed by atoms with Gasteiger partial charge in [-0.05, 0) is 19.5 Å². The Bertz CT molecular complexity index is 589. The van der Waals surface area contributed by atoms with E-state index in [0.717, 1.165) is 24.2 Å². The van der Waals surface area contributed by atoms with Crippen LogP contribution in [0.5, 0.6) is 0 Å². The third-order valence-corrected chi connectivity index (χ3v) is 3.38. The van der Waals surface area contributed by atoms with Crippen LogP contribution >= 0.6 is 0 Å². The molecule has 106 valence electrons. The van der Waals surface area contributed by atoms with Gasteiger partial charge in [0.25, 0.3) is 0 Å². The van der Waals surface area contributed by atoms with Crippen LogP contribution in [0.2, 0.25) is 0 Å². The summed E-state index contributed by atoms with van der Waals surface area (Å²) in [6.07, 6.45) is 4.40. The summed E-state index contributed by atoms with van der Waals surface area (Å²) in [6, 6.07) is 7.76. The molecule has 0 saturated carbocycles. The van der Waals surface area contributed by atoms with E-state index in [4.69, 9.17) is 0 Å². The molecule has 1 aromatic carbocycles. The molecular weight excluding hydrogens is 250 g/mol. The molecule has 0 aliphatic heterocycles. The van der Waals surface area contributed by atoms with E-state index in [1.165, 1.54) is 5.56 Å². The van der Waals surface area contributed by atoms with Crippen molar-refractivity contribution in [1.29, 1.82) is 0 Å². The van der Waals surface area contributed by atoms with Crippen molar-refractivity contribution in [3.63, 3.8) is 0 Å². The number of rotatable bonds is 6. The van der Waals surface area contributed by atoms with Gasteiger partial charge < -0.3 is 4.90 Å². The summed E-state index contributed by atoms with van der Waals surface area (Å²) < 4.78 is 1.79. The maximum absolute atomic E-state index is 12.2.